The van der Waals surface area contributed by atoms with E-state index in [1.165, 1.54) is 0 Å². The van der Waals surface area contributed by atoms with E-state index in [-0.39, 0.29) is 24.1 Å². The van der Waals surface area contributed by atoms with Crippen molar-refractivity contribution in [2.24, 2.45) is 0 Å². The Balaban J connectivity index is 1.31. The number of carbonyl (C=O) groups excluding carboxylic acids is 1. The molecule has 2 fully saturated rings. The topological polar surface area (TPSA) is 105 Å². The standard InChI is InChI=1S/C21H22ClFN6O3/c22-12-6-15-16(8-25-18(15)24-7-12)19-26-9-17(23)20(28-19)27-13-2-1-4-29(10-13)21(30)32-14-3-5-31-11-14/h6-9,13-14H,1-5,10-11H2,(H,24,25)(H,26,27,28)/t13-,14?/m0/s1. The molecule has 0 radical (unpaired) electrons. The molecule has 0 saturated carbocycles. The summed E-state index contributed by atoms with van der Waals surface area (Å²) >= 11 is 6.07. The van der Waals surface area contributed by atoms with Gasteiger partial charge in [-0.05, 0) is 18.9 Å². The van der Waals surface area contributed by atoms with Crippen LogP contribution in [0.2, 0.25) is 5.02 Å². The molecule has 3 aromatic rings. The van der Waals surface area contributed by atoms with Crippen LogP contribution in [0.4, 0.5) is 15.0 Å². The highest BCUT2D eigenvalue weighted by Gasteiger charge is 2.28. The molecule has 11 heteroatoms. The highest BCUT2D eigenvalue weighted by atomic mass is 35.5. The minimum absolute atomic E-state index is 0.0868. The molecule has 9 nitrogen and oxygen atoms in total. The third-order valence-electron chi connectivity index (χ3n) is 5.66. The molecule has 0 aromatic carbocycles. The second-order valence-corrected chi connectivity index (χ2v) is 8.38. The fraction of sp³-hybridized carbons (Fsp3) is 0.429. The van der Waals surface area contributed by atoms with Crippen LogP contribution in [0.5, 0.6) is 0 Å². The van der Waals surface area contributed by atoms with Crippen LogP contribution in [0.1, 0.15) is 19.3 Å². The molecular weight excluding hydrogens is 439 g/mol. The first-order chi connectivity index (χ1) is 15.6. The van der Waals surface area contributed by atoms with Gasteiger partial charge in [0, 0.05) is 48.9 Å². The number of anilines is 1. The van der Waals surface area contributed by atoms with E-state index in [0.29, 0.717) is 54.8 Å². The van der Waals surface area contributed by atoms with E-state index in [0.717, 1.165) is 24.4 Å². The van der Waals surface area contributed by atoms with Crippen LogP contribution in [-0.2, 0) is 9.47 Å². The monoisotopic (exact) mass is 460 g/mol. The maximum absolute atomic E-state index is 14.5. The van der Waals surface area contributed by atoms with Gasteiger partial charge in [-0.25, -0.2) is 24.1 Å². The van der Waals surface area contributed by atoms with Crippen molar-refractivity contribution >= 4 is 34.5 Å². The molecule has 1 unspecified atom stereocenters. The van der Waals surface area contributed by atoms with Gasteiger partial charge < -0.3 is 24.7 Å². The van der Waals surface area contributed by atoms with E-state index in [1.54, 1.807) is 23.4 Å². The Labute approximate surface area is 188 Å². The molecule has 2 N–H and O–H groups in total. The van der Waals surface area contributed by atoms with E-state index >= 15 is 0 Å². The third-order valence-corrected chi connectivity index (χ3v) is 5.87. The second-order valence-electron chi connectivity index (χ2n) is 7.94. The van der Waals surface area contributed by atoms with Crippen LogP contribution in [0.25, 0.3) is 22.4 Å². The maximum atomic E-state index is 14.5. The number of ether oxygens (including phenoxy) is 2. The Morgan fingerprint density at radius 3 is 3.09 bits per heavy atom. The number of rotatable bonds is 4. The Morgan fingerprint density at radius 1 is 1.34 bits per heavy atom. The number of hydrogen-bond acceptors (Lipinski definition) is 7. The van der Waals surface area contributed by atoms with Gasteiger partial charge in [0.1, 0.15) is 11.8 Å². The molecule has 5 rings (SSSR count). The zero-order chi connectivity index (χ0) is 22.1. The van der Waals surface area contributed by atoms with Crippen molar-refractivity contribution < 1.29 is 18.7 Å². The number of amides is 1. The van der Waals surface area contributed by atoms with Gasteiger partial charge in [0.2, 0.25) is 0 Å². The molecule has 2 aliphatic rings. The number of halogens is 2. The quantitative estimate of drug-likeness (QED) is 0.612. The molecule has 2 atom stereocenters. The summed E-state index contributed by atoms with van der Waals surface area (Å²) in [6.45, 7) is 2.05. The lowest BCUT2D eigenvalue weighted by molar-refractivity contribution is 0.0492. The largest absolute Gasteiger partial charge is 0.444 e. The average molecular weight is 461 g/mol. The van der Waals surface area contributed by atoms with Crippen LogP contribution < -0.4 is 5.32 Å². The lowest BCUT2D eigenvalue weighted by atomic mass is 10.1. The summed E-state index contributed by atoms with van der Waals surface area (Å²) in [7, 11) is 0. The first-order valence-corrected chi connectivity index (χ1v) is 10.9. The summed E-state index contributed by atoms with van der Waals surface area (Å²) in [6, 6.07) is 1.60. The molecular formula is C21H22ClFN6O3. The zero-order valence-electron chi connectivity index (χ0n) is 17.2. The van der Waals surface area contributed by atoms with E-state index in [4.69, 9.17) is 21.1 Å². The normalized spacial score (nSPS) is 21.1. The van der Waals surface area contributed by atoms with Crippen LogP contribution in [0, 0.1) is 5.82 Å². The Kier molecular flexibility index (Phi) is 5.79. The molecule has 5 heterocycles. The fourth-order valence-corrected chi connectivity index (χ4v) is 4.20. The van der Waals surface area contributed by atoms with Gasteiger partial charge in [0.25, 0.3) is 0 Å². The number of H-pyrrole nitrogens is 1. The van der Waals surface area contributed by atoms with Crippen LogP contribution in [0.15, 0.2) is 24.7 Å². The highest BCUT2D eigenvalue weighted by molar-refractivity contribution is 6.31. The summed E-state index contributed by atoms with van der Waals surface area (Å²) in [6.07, 6.45) is 6.11. The van der Waals surface area contributed by atoms with Gasteiger partial charge in [-0.15, -0.1) is 0 Å². The maximum Gasteiger partial charge on any atom is 0.410 e. The summed E-state index contributed by atoms with van der Waals surface area (Å²) < 4.78 is 25.3. The van der Waals surface area contributed by atoms with Crippen molar-refractivity contribution in [1.82, 2.24) is 24.8 Å². The van der Waals surface area contributed by atoms with Gasteiger partial charge in [-0.1, -0.05) is 11.6 Å². The van der Waals surface area contributed by atoms with Gasteiger partial charge in [0.05, 0.1) is 24.4 Å². The van der Waals surface area contributed by atoms with Crippen molar-refractivity contribution in [2.75, 3.05) is 31.6 Å². The molecule has 0 aliphatic carbocycles. The summed E-state index contributed by atoms with van der Waals surface area (Å²) in [4.78, 5) is 29.9. The fourth-order valence-electron chi connectivity index (χ4n) is 4.04. The van der Waals surface area contributed by atoms with Crippen molar-refractivity contribution in [2.45, 2.75) is 31.4 Å². The number of likely N-dealkylation sites (tertiary alicyclic amines) is 1. The number of nitrogens with one attached hydrogen (secondary N) is 2. The van der Waals surface area contributed by atoms with Gasteiger partial charge in [-0.3, -0.25) is 0 Å². The first-order valence-electron chi connectivity index (χ1n) is 10.5. The van der Waals surface area contributed by atoms with Crippen LogP contribution in [-0.4, -0.2) is 69.4 Å². The van der Waals surface area contributed by atoms with E-state index < -0.39 is 5.82 Å². The molecule has 0 bridgehead atoms. The summed E-state index contributed by atoms with van der Waals surface area (Å²) in [5, 5.41) is 4.37. The zero-order valence-corrected chi connectivity index (χ0v) is 17.9. The predicted molar refractivity (Wildman–Crippen MR) is 116 cm³/mol. The molecule has 0 spiro atoms. The number of pyridine rings is 1. The highest BCUT2D eigenvalue weighted by Crippen LogP contribution is 2.28. The van der Waals surface area contributed by atoms with Crippen molar-refractivity contribution in [3.05, 3.63) is 35.5 Å². The minimum Gasteiger partial charge on any atom is -0.444 e. The number of aromatic nitrogens is 4. The Morgan fingerprint density at radius 2 is 2.25 bits per heavy atom. The van der Waals surface area contributed by atoms with Crippen molar-refractivity contribution in [3.8, 4) is 11.4 Å². The van der Waals surface area contributed by atoms with Crippen molar-refractivity contribution in [1.29, 1.82) is 0 Å². The average Bonchev–Trinajstić information content (AvgIpc) is 3.45. The molecule has 168 valence electrons. The molecule has 3 aromatic heterocycles. The van der Waals surface area contributed by atoms with Crippen molar-refractivity contribution in [3.63, 3.8) is 0 Å². The predicted octanol–water partition coefficient (Wildman–Crippen LogP) is 3.61. The lowest BCUT2D eigenvalue weighted by Crippen LogP contribution is -2.46. The second kappa shape index (κ2) is 8.87. The van der Waals surface area contributed by atoms with Gasteiger partial charge in [-0.2, -0.15) is 0 Å². The lowest BCUT2D eigenvalue weighted by Gasteiger charge is -2.33. The number of hydrogen-bond donors (Lipinski definition) is 2. The SMILES string of the molecule is O=C(OC1CCOC1)N1CCC[C@H](Nc2nc(-c3c[nH]c4ncc(Cl)cc34)ncc2F)C1. The van der Waals surface area contributed by atoms with Crippen LogP contribution >= 0.6 is 11.6 Å². The summed E-state index contributed by atoms with van der Waals surface area (Å²) in [5.41, 5.74) is 1.31. The van der Waals surface area contributed by atoms with Gasteiger partial charge >= 0.3 is 6.09 Å². The number of nitrogens with zero attached hydrogens (tertiary/aromatic N) is 4. The van der Waals surface area contributed by atoms with E-state index in [9.17, 15) is 9.18 Å². The number of piperidine rings is 1. The number of fused-ring (bicyclic) bond motifs is 1. The molecule has 2 aliphatic heterocycles. The van der Waals surface area contributed by atoms with E-state index in [2.05, 4.69) is 25.3 Å². The first kappa shape index (κ1) is 20.9. The Hall–Kier alpha value is -2.98. The summed E-state index contributed by atoms with van der Waals surface area (Å²) in [5.74, 6) is -0.131. The third kappa shape index (κ3) is 4.33. The Bertz CT molecular complexity index is 1140. The molecule has 2 saturated heterocycles. The van der Waals surface area contributed by atoms with E-state index in [1.807, 2.05) is 0 Å². The minimum atomic E-state index is -0.562. The smallest absolute Gasteiger partial charge is 0.410 e. The molecule has 32 heavy (non-hydrogen) atoms. The molecule has 1 amide bonds. The number of aromatic amines is 1. The van der Waals surface area contributed by atoms with Gasteiger partial charge in [0.15, 0.2) is 17.5 Å². The number of carbonyl (C=O) groups is 1. The van der Waals surface area contributed by atoms with Crippen LogP contribution in [0.3, 0.4) is 0 Å².